The average molecular weight is 363 g/mol. The molecule has 0 radical (unpaired) electrons. The molecule has 2 fully saturated rings. The summed E-state index contributed by atoms with van der Waals surface area (Å²) in [6.07, 6.45) is 3.10. The normalized spacial score (nSPS) is 19.6. The number of anilines is 1. The minimum atomic E-state index is -0.574. The summed E-state index contributed by atoms with van der Waals surface area (Å²) >= 11 is 0. The molecule has 9 nitrogen and oxygen atoms in total. The summed E-state index contributed by atoms with van der Waals surface area (Å²) in [4.78, 5) is 36.0. The van der Waals surface area contributed by atoms with E-state index in [9.17, 15) is 19.7 Å². The largest absolute Gasteiger partial charge is 0.477 e. The zero-order valence-corrected chi connectivity index (χ0v) is 14.3. The molecule has 2 aliphatic rings. The van der Waals surface area contributed by atoms with Crippen LogP contribution in [-0.4, -0.2) is 49.1 Å². The molecule has 1 atom stereocenters. The van der Waals surface area contributed by atoms with Gasteiger partial charge in [0.1, 0.15) is 0 Å². The summed E-state index contributed by atoms with van der Waals surface area (Å²) in [6, 6.07) is 4.25. The van der Waals surface area contributed by atoms with E-state index in [1.807, 2.05) is 0 Å². The predicted octanol–water partition coefficient (Wildman–Crippen LogP) is 1.40. The first-order chi connectivity index (χ1) is 12.5. The summed E-state index contributed by atoms with van der Waals surface area (Å²) in [6.45, 7) is 1.32. The molecule has 0 aliphatic carbocycles. The number of hydrogen-bond acceptors (Lipinski definition) is 6. The molecule has 2 aliphatic heterocycles. The van der Waals surface area contributed by atoms with Crippen LogP contribution in [0.25, 0.3) is 0 Å². The Morgan fingerprint density at radius 2 is 2.27 bits per heavy atom. The van der Waals surface area contributed by atoms with Crippen molar-refractivity contribution in [3.05, 3.63) is 28.3 Å². The van der Waals surface area contributed by atoms with Gasteiger partial charge < -0.3 is 19.7 Å². The summed E-state index contributed by atoms with van der Waals surface area (Å²) in [5.74, 6) is -0.434. The van der Waals surface area contributed by atoms with Crippen LogP contribution in [0.3, 0.4) is 0 Å². The van der Waals surface area contributed by atoms with E-state index >= 15 is 0 Å². The van der Waals surface area contributed by atoms with Crippen LogP contribution in [0, 0.1) is 10.1 Å². The van der Waals surface area contributed by atoms with Gasteiger partial charge >= 0.3 is 5.69 Å². The highest BCUT2D eigenvalue weighted by Crippen LogP contribution is 2.33. The van der Waals surface area contributed by atoms with Gasteiger partial charge in [-0.15, -0.1) is 0 Å². The lowest BCUT2D eigenvalue weighted by Crippen LogP contribution is -2.35. The number of amides is 2. The summed E-state index contributed by atoms with van der Waals surface area (Å²) in [7, 11) is 0. The zero-order chi connectivity index (χ0) is 18.5. The third kappa shape index (κ3) is 4.29. The number of nitrogens with zero attached hydrogens (tertiary/aromatic N) is 2. The Balaban J connectivity index is 1.63. The fourth-order valence-electron chi connectivity index (χ4n) is 3.09. The molecule has 2 saturated heterocycles. The van der Waals surface area contributed by atoms with Crippen LogP contribution in [0.5, 0.6) is 5.75 Å². The Kier molecular flexibility index (Phi) is 5.67. The molecular weight excluding hydrogens is 342 g/mol. The van der Waals surface area contributed by atoms with Crippen LogP contribution < -0.4 is 15.0 Å². The predicted molar refractivity (Wildman–Crippen MR) is 92.2 cm³/mol. The lowest BCUT2D eigenvalue weighted by molar-refractivity contribution is -0.385. The molecular formula is C17H21N3O6. The van der Waals surface area contributed by atoms with Gasteiger partial charge in [-0.25, -0.2) is 0 Å². The Morgan fingerprint density at radius 3 is 2.92 bits per heavy atom. The third-order valence-corrected chi connectivity index (χ3v) is 4.43. The lowest BCUT2D eigenvalue weighted by Gasteiger charge is -2.17. The van der Waals surface area contributed by atoms with E-state index in [1.165, 1.54) is 18.2 Å². The fraction of sp³-hybridized carbons (Fsp3) is 0.529. The monoisotopic (exact) mass is 363 g/mol. The van der Waals surface area contributed by atoms with Crippen LogP contribution in [-0.2, 0) is 14.3 Å². The third-order valence-electron chi connectivity index (χ3n) is 4.43. The summed E-state index contributed by atoms with van der Waals surface area (Å²) in [5, 5.41) is 13.9. The number of nitro groups is 1. The van der Waals surface area contributed by atoms with Gasteiger partial charge in [0.2, 0.25) is 5.91 Å². The fourth-order valence-corrected chi connectivity index (χ4v) is 3.09. The molecule has 26 heavy (non-hydrogen) atoms. The molecule has 9 heteroatoms. The first-order valence-corrected chi connectivity index (χ1v) is 8.64. The minimum absolute atomic E-state index is 0.0118. The van der Waals surface area contributed by atoms with Crippen LogP contribution in [0.15, 0.2) is 18.2 Å². The van der Waals surface area contributed by atoms with Crippen molar-refractivity contribution in [1.82, 2.24) is 5.32 Å². The van der Waals surface area contributed by atoms with Gasteiger partial charge in [-0.05, 0) is 25.3 Å². The number of nitrogens with one attached hydrogen (secondary N) is 1. The van der Waals surface area contributed by atoms with Gasteiger partial charge in [-0.3, -0.25) is 19.7 Å². The summed E-state index contributed by atoms with van der Waals surface area (Å²) in [5.41, 5.74) is 0.292. The maximum atomic E-state index is 11.9. The van der Waals surface area contributed by atoms with Crippen LogP contribution in [0.4, 0.5) is 11.4 Å². The quantitative estimate of drug-likeness (QED) is 0.579. The van der Waals surface area contributed by atoms with E-state index in [0.29, 0.717) is 31.8 Å². The van der Waals surface area contributed by atoms with E-state index in [1.54, 1.807) is 4.90 Å². The number of hydrogen-bond donors (Lipinski definition) is 1. The smallest absolute Gasteiger partial charge is 0.311 e. The van der Waals surface area contributed by atoms with Crippen LogP contribution >= 0.6 is 0 Å². The van der Waals surface area contributed by atoms with E-state index in [2.05, 4.69) is 5.32 Å². The van der Waals surface area contributed by atoms with Crippen molar-refractivity contribution in [2.45, 2.75) is 31.8 Å². The van der Waals surface area contributed by atoms with E-state index in [-0.39, 0.29) is 36.0 Å². The molecule has 0 aromatic heterocycles. The van der Waals surface area contributed by atoms with Crippen molar-refractivity contribution >= 4 is 23.2 Å². The molecule has 0 spiro atoms. The second-order valence-corrected chi connectivity index (χ2v) is 6.29. The van der Waals surface area contributed by atoms with Gasteiger partial charge in [0, 0.05) is 43.9 Å². The van der Waals surface area contributed by atoms with Gasteiger partial charge in [0.25, 0.3) is 5.91 Å². The molecule has 0 saturated carbocycles. The first-order valence-electron chi connectivity index (χ1n) is 8.64. The zero-order valence-electron chi connectivity index (χ0n) is 14.3. The molecule has 1 aromatic carbocycles. The molecule has 2 heterocycles. The van der Waals surface area contributed by atoms with Gasteiger partial charge in [0.15, 0.2) is 12.4 Å². The Bertz CT molecular complexity index is 702. The second-order valence-electron chi connectivity index (χ2n) is 6.29. The topological polar surface area (TPSA) is 111 Å². The number of rotatable bonds is 7. The van der Waals surface area contributed by atoms with Crippen molar-refractivity contribution in [2.75, 3.05) is 31.2 Å². The highest BCUT2D eigenvalue weighted by Gasteiger charge is 2.25. The number of ether oxygens (including phenoxy) is 2. The molecule has 0 bridgehead atoms. The summed E-state index contributed by atoms with van der Waals surface area (Å²) < 4.78 is 10.8. The standard InChI is InChI=1S/C17H21N3O6/c21-16(18-10-13-3-2-8-25-13)11-26-15-9-12(5-6-14(15)20(23)24)19-7-1-4-17(19)22/h5-6,9,13H,1-4,7-8,10-11H2,(H,18,21). The van der Waals surface area contributed by atoms with Crippen LogP contribution in [0.1, 0.15) is 25.7 Å². The molecule has 140 valence electrons. The lowest BCUT2D eigenvalue weighted by atomic mass is 10.2. The number of carbonyl (C=O) groups excluding carboxylic acids is 2. The number of benzene rings is 1. The number of nitro benzene ring substituents is 1. The maximum Gasteiger partial charge on any atom is 0.311 e. The van der Waals surface area contributed by atoms with E-state index < -0.39 is 4.92 Å². The van der Waals surface area contributed by atoms with Crippen molar-refractivity contribution in [3.8, 4) is 5.75 Å². The SMILES string of the molecule is O=C(COc1cc(N2CCCC2=O)ccc1[N+](=O)[O-])NCC1CCCO1. The highest BCUT2D eigenvalue weighted by molar-refractivity contribution is 5.95. The molecule has 1 N–H and O–H groups in total. The molecule has 3 rings (SSSR count). The average Bonchev–Trinajstić information content (AvgIpc) is 3.29. The van der Waals surface area contributed by atoms with Gasteiger partial charge in [-0.1, -0.05) is 0 Å². The van der Waals surface area contributed by atoms with Crippen molar-refractivity contribution in [3.63, 3.8) is 0 Å². The molecule has 1 aromatic rings. The second kappa shape index (κ2) is 8.13. The Morgan fingerprint density at radius 1 is 1.42 bits per heavy atom. The molecule has 2 amide bonds. The van der Waals surface area contributed by atoms with Gasteiger partial charge in [-0.2, -0.15) is 0 Å². The van der Waals surface area contributed by atoms with Crippen molar-refractivity contribution < 1.29 is 24.0 Å². The minimum Gasteiger partial charge on any atom is -0.477 e. The highest BCUT2D eigenvalue weighted by atomic mass is 16.6. The first kappa shape index (κ1) is 18.1. The number of carbonyl (C=O) groups is 2. The van der Waals surface area contributed by atoms with Gasteiger partial charge in [0.05, 0.1) is 11.0 Å². The Labute approximate surface area is 150 Å². The van der Waals surface area contributed by atoms with E-state index in [4.69, 9.17) is 9.47 Å². The Hall–Kier alpha value is -2.68. The van der Waals surface area contributed by atoms with Crippen molar-refractivity contribution in [1.29, 1.82) is 0 Å². The molecule has 1 unspecified atom stereocenters. The van der Waals surface area contributed by atoms with Crippen molar-refractivity contribution in [2.24, 2.45) is 0 Å². The van der Waals surface area contributed by atoms with Crippen LogP contribution in [0.2, 0.25) is 0 Å². The van der Waals surface area contributed by atoms with E-state index in [0.717, 1.165) is 19.3 Å². The maximum absolute atomic E-state index is 11.9.